The Bertz CT molecular complexity index is 585. The van der Waals surface area contributed by atoms with Crippen LogP contribution in [0.5, 0.6) is 0 Å². The fraction of sp³-hybridized carbons (Fsp3) is 0.667. The van der Waals surface area contributed by atoms with Crippen molar-refractivity contribution in [1.82, 2.24) is 4.90 Å². The molecule has 134 valence electrons. The van der Waals surface area contributed by atoms with Crippen molar-refractivity contribution in [2.45, 2.75) is 32.2 Å². The zero-order valence-electron chi connectivity index (χ0n) is 14.2. The van der Waals surface area contributed by atoms with Gasteiger partial charge >= 0.3 is 11.9 Å². The molecule has 2 N–H and O–H groups in total. The van der Waals surface area contributed by atoms with Crippen molar-refractivity contribution in [2.75, 3.05) is 24.6 Å². The van der Waals surface area contributed by atoms with Crippen LogP contribution in [0.3, 0.4) is 0 Å². The molecular weight excluding hydrogens is 352 g/mol. The lowest BCUT2D eigenvalue weighted by Gasteiger charge is -2.48. The summed E-state index contributed by atoms with van der Waals surface area (Å²) in [6, 6.07) is -0.590. The van der Waals surface area contributed by atoms with Crippen LogP contribution in [-0.2, 0) is 23.9 Å². The molecule has 1 fully saturated rings. The molecule has 24 heavy (non-hydrogen) atoms. The predicted octanol–water partition coefficient (Wildman–Crippen LogP) is 0.936. The van der Waals surface area contributed by atoms with Gasteiger partial charge in [0.25, 0.3) is 0 Å². The fourth-order valence-corrected chi connectivity index (χ4v) is 4.28. The van der Waals surface area contributed by atoms with Crippen molar-refractivity contribution in [3.63, 3.8) is 0 Å². The highest BCUT2D eigenvalue weighted by Gasteiger charge is 2.52. The molecule has 2 rings (SSSR count). The number of rotatable bonds is 5. The van der Waals surface area contributed by atoms with Gasteiger partial charge in [0.15, 0.2) is 0 Å². The number of fused-ring (bicyclic) bond motifs is 1. The summed E-state index contributed by atoms with van der Waals surface area (Å²) in [7, 11) is 0. The number of esters is 2. The molecule has 2 aliphatic heterocycles. The summed E-state index contributed by atoms with van der Waals surface area (Å²) >= 11 is 3.10. The van der Waals surface area contributed by atoms with E-state index in [1.165, 1.54) is 4.90 Å². The molecule has 0 aromatic heterocycles. The van der Waals surface area contributed by atoms with Crippen LogP contribution in [0.15, 0.2) is 11.3 Å². The van der Waals surface area contributed by atoms with Crippen molar-refractivity contribution in [3.8, 4) is 0 Å². The molecule has 2 atom stereocenters. The van der Waals surface area contributed by atoms with Gasteiger partial charge in [-0.2, -0.15) is 11.8 Å². The smallest absolute Gasteiger partial charge is 0.357 e. The Balaban J connectivity index is 2.06. The first kappa shape index (κ1) is 19.1. The molecule has 1 saturated heterocycles. The normalized spacial score (nSPS) is 23.5. The quantitative estimate of drug-likeness (QED) is 0.431. The van der Waals surface area contributed by atoms with Gasteiger partial charge in [-0.3, -0.25) is 14.5 Å². The lowest BCUT2D eigenvalue weighted by Crippen LogP contribution is -2.68. The SMILES string of the molecule is CSCC1=C(C(=O)OCOC(=O)C(C)(C)C)N2C(=O)C(N)[C@@H]2SC1. The average Bonchev–Trinajstić information content (AvgIpc) is 2.52. The maximum absolute atomic E-state index is 12.4. The summed E-state index contributed by atoms with van der Waals surface area (Å²) in [4.78, 5) is 37.6. The lowest BCUT2D eigenvalue weighted by atomic mass is 9.98. The van der Waals surface area contributed by atoms with Crippen molar-refractivity contribution >= 4 is 41.4 Å². The van der Waals surface area contributed by atoms with Crippen LogP contribution in [0.2, 0.25) is 0 Å². The maximum atomic E-state index is 12.4. The summed E-state index contributed by atoms with van der Waals surface area (Å²) in [5, 5.41) is -0.234. The Morgan fingerprint density at radius 3 is 2.62 bits per heavy atom. The third-order valence-corrected chi connectivity index (χ3v) is 5.59. The largest absolute Gasteiger partial charge is 0.427 e. The molecule has 0 aliphatic carbocycles. The van der Waals surface area contributed by atoms with Gasteiger partial charge in [0.2, 0.25) is 12.7 Å². The van der Waals surface area contributed by atoms with Gasteiger partial charge in [-0.25, -0.2) is 4.79 Å². The Morgan fingerprint density at radius 2 is 2.04 bits per heavy atom. The first-order valence-corrected chi connectivity index (χ1v) is 9.88. The molecule has 0 aromatic carbocycles. The topological polar surface area (TPSA) is 98.9 Å². The van der Waals surface area contributed by atoms with Gasteiger partial charge in [0, 0.05) is 11.5 Å². The second kappa shape index (κ2) is 7.37. The number of hydrogen-bond acceptors (Lipinski definition) is 8. The van der Waals surface area contributed by atoms with Crippen molar-refractivity contribution in [1.29, 1.82) is 0 Å². The van der Waals surface area contributed by atoms with Gasteiger partial charge in [-0.15, -0.1) is 11.8 Å². The predicted molar refractivity (Wildman–Crippen MR) is 93.0 cm³/mol. The Morgan fingerprint density at radius 1 is 1.38 bits per heavy atom. The number of β-lactam (4-membered cyclic amide) rings is 1. The van der Waals surface area contributed by atoms with E-state index in [1.54, 1.807) is 44.3 Å². The number of carbonyl (C=O) groups excluding carboxylic acids is 3. The Kier molecular flexibility index (Phi) is 5.87. The maximum Gasteiger partial charge on any atom is 0.357 e. The van der Waals surface area contributed by atoms with Gasteiger partial charge in [-0.1, -0.05) is 0 Å². The number of amides is 1. The van der Waals surface area contributed by atoms with E-state index in [4.69, 9.17) is 15.2 Å². The van der Waals surface area contributed by atoms with Crippen molar-refractivity contribution in [3.05, 3.63) is 11.3 Å². The van der Waals surface area contributed by atoms with Gasteiger partial charge in [0.05, 0.1) is 5.41 Å². The zero-order chi connectivity index (χ0) is 18.1. The van der Waals surface area contributed by atoms with Crippen LogP contribution in [0.25, 0.3) is 0 Å². The van der Waals surface area contributed by atoms with E-state index in [0.29, 0.717) is 11.5 Å². The van der Waals surface area contributed by atoms with E-state index in [9.17, 15) is 14.4 Å². The Hall–Kier alpha value is -1.19. The molecule has 2 aliphatic rings. The van der Waals surface area contributed by atoms with Crippen LogP contribution < -0.4 is 5.73 Å². The van der Waals surface area contributed by atoms with Crippen LogP contribution >= 0.6 is 23.5 Å². The third kappa shape index (κ3) is 3.73. The summed E-state index contributed by atoms with van der Waals surface area (Å²) in [5.41, 5.74) is 6.18. The highest BCUT2D eigenvalue weighted by molar-refractivity contribution is 8.00. The van der Waals surface area contributed by atoms with Gasteiger partial charge in [0.1, 0.15) is 17.1 Å². The van der Waals surface area contributed by atoms with E-state index in [-0.39, 0.29) is 17.0 Å². The minimum absolute atomic E-state index is 0.234. The Labute approximate surface area is 149 Å². The minimum atomic E-state index is -0.678. The number of carbonyl (C=O) groups is 3. The fourth-order valence-electron chi connectivity index (χ4n) is 2.28. The van der Waals surface area contributed by atoms with E-state index in [1.807, 2.05) is 6.26 Å². The molecule has 0 saturated carbocycles. The van der Waals surface area contributed by atoms with Crippen LogP contribution in [0, 0.1) is 5.41 Å². The van der Waals surface area contributed by atoms with Gasteiger partial charge < -0.3 is 15.2 Å². The molecule has 1 unspecified atom stereocenters. The minimum Gasteiger partial charge on any atom is -0.427 e. The highest BCUT2D eigenvalue weighted by atomic mass is 32.2. The summed E-state index contributed by atoms with van der Waals surface area (Å²) in [6.07, 6.45) is 1.92. The molecule has 0 aromatic rings. The second-order valence-electron chi connectivity index (χ2n) is 6.55. The van der Waals surface area contributed by atoms with Crippen LogP contribution in [-0.4, -0.2) is 58.7 Å². The standard InChI is InChI=1S/C15H22N2O5S2/c1-15(2,3)14(20)22-7-21-13(19)10-8(5-23-4)6-24-12-9(16)11(18)17(10)12/h9,12H,5-7,16H2,1-4H3/t9?,12-/m0/s1. The number of hydrogen-bond donors (Lipinski definition) is 1. The number of nitrogens with zero attached hydrogens (tertiary/aromatic N) is 1. The molecule has 1 amide bonds. The first-order chi connectivity index (χ1) is 11.2. The van der Waals surface area contributed by atoms with Crippen LogP contribution in [0.1, 0.15) is 20.8 Å². The van der Waals surface area contributed by atoms with Gasteiger partial charge in [-0.05, 0) is 32.6 Å². The van der Waals surface area contributed by atoms with Crippen LogP contribution in [0.4, 0.5) is 0 Å². The third-order valence-electron chi connectivity index (χ3n) is 3.59. The second-order valence-corrected chi connectivity index (χ2v) is 8.52. The van der Waals surface area contributed by atoms with E-state index in [0.717, 1.165) is 5.57 Å². The molecule has 0 radical (unpaired) electrons. The molecule has 0 bridgehead atoms. The first-order valence-electron chi connectivity index (χ1n) is 7.44. The summed E-state index contributed by atoms with van der Waals surface area (Å²) in [5.74, 6) is -0.177. The highest BCUT2D eigenvalue weighted by Crippen LogP contribution is 2.40. The summed E-state index contributed by atoms with van der Waals surface area (Å²) < 4.78 is 10.0. The number of thioether (sulfide) groups is 2. The lowest BCUT2D eigenvalue weighted by molar-refractivity contribution is -0.173. The van der Waals surface area contributed by atoms with Crippen molar-refractivity contribution in [2.24, 2.45) is 11.1 Å². The average molecular weight is 374 g/mol. The van der Waals surface area contributed by atoms with E-state index >= 15 is 0 Å². The molecule has 9 heteroatoms. The number of nitrogens with two attached hydrogens (primary N) is 1. The summed E-state index contributed by atoms with van der Waals surface area (Å²) in [6.45, 7) is 4.65. The molecule has 7 nitrogen and oxygen atoms in total. The molecule has 0 spiro atoms. The van der Waals surface area contributed by atoms with E-state index in [2.05, 4.69) is 0 Å². The zero-order valence-corrected chi connectivity index (χ0v) is 15.8. The number of ether oxygens (including phenoxy) is 2. The molecular formula is C15H22N2O5S2. The molecule has 2 heterocycles. The van der Waals surface area contributed by atoms with E-state index < -0.39 is 30.2 Å². The monoisotopic (exact) mass is 374 g/mol. The van der Waals surface area contributed by atoms with Crippen molar-refractivity contribution < 1.29 is 23.9 Å².